The van der Waals surface area contributed by atoms with Crippen LogP contribution >= 0.6 is 0 Å². The summed E-state index contributed by atoms with van der Waals surface area (Å²) < 4.78 is 18.4. The SMILES string of the molecule is COc1ccc(F)c(NC(C)CCCO)c1. The molecule has 0 aliphatic rings. The van der Waals surface area contributed by atoms with Crippen molar-refractivity contribution >= 4 is 5.69 Å². The van der Waals surface area contributed by atoms with Crippen molar-refractivity contribution in [2.75, 3.05) is 19.0 Å². The Kier molecular flexibility index (Phi) is 5.05. The molecule has 0 amide bonds. The van der Waals surface area contributed by atoms with E-state index in [9.17, 15) is 4.39 Å². The van der Waals surface area contributed by atoms with Crippen LogP contribution in [0.4, 0.5) is 10.1 Å². The van der Waals surface area contributed by atoms with Crippen molar-refractivity contribution in [3.05, 3.63) is 24.0 Å². The van der Waals surface area contributed by atoms with Gasteiger partial charge in [0.1, 0.15) is 11.6 Å². The van der Waals surface area contributed by atoms with E-state index in [4.69, 9.17) is 9.84 Å². The molecule has 0 aliphatic heterocycles. The van der Waals surface area contributed by atoms with Crippen LogP contribution in [0.2, 0.25) is 0 Å². The van der Waals surface area contributed by atoms with Gasteiger partial charge in [0.2, 0.25) is 0 Å². The molecule has 16 heavy (non-hydrogen) atoms. The molecule has 0 saturated carbocycles. The Hall–Kier alpha value is -1.29. The van der Waals surface area contributed by atoms with Crippen LogP contribution in [0.1, 0.15) is 19.8 Å². The molecule has 4 heteroatoms. The topological polar surface area (TPSA) is 41.5 Å². The Bertz CT molecular complexity index is 331. The first-order valence-electron chi connectivity index (χ1n) is 5.38. The molecule has 3 nitrogen and oxygen atoms in total. The lowest BCUT2D eigenvalue weighted by atomic mass is 10.1. The molecule has 0 fully saturated rings. The van der Waals surface area contributed by atoms with Gasteiger partial charge >= 0.3 is 0 Å². The van der Waals surface area contributed by atoms with Crippen LogP contribution < -0.4 is 10.1 Å². The summed E-state index contributed by atoms with van der Waals surface area (Å²) in [5, 5.41) is 11.7. The fraction of sp³-hybridized carbons (Fsp3) is 0.500. The van der Waals surface area contributed by atoms with Crippen molar-refractivity contribution in [3.8, 4) is 5.75 Å². The highest BCUT2D eigenvalue weighted by atomic mass is 19.1. The van der Waals surface area contributed by atoms with Crippen LogP contribution in [-0.4, -0.2) is 24.9 Å². The molecule has 1 rings (SSSR count). The van der Waals surface area contributed by atoms with Crippen molar-refractivity contribution in [1.29, 1.82) is 0 Å². The maximum atomic E-state index is 13.4. The Balaban J connectivity index is 2.64. The average Bonchev–Trinajstić information content (AvgIpc) is 2.29. The number of halogens is 1. The van der Waals surface area contributed by atoms with Gasteiger partial charge in [0.15, 0.2) is 0 Å². The zero-order valence-corrected chi connectivity index (χ0v) is 9.66. The zero-order chi connectivity index (χ0) is 12.0. The molecule has 0 saturated heterocycles. The largest absolute Gasteiger partial charge is 0.497 e. The summed E-state index contributed by atoms with van der Waals surface area (Å²) in [6, 6.07) is 4.71. The molecule has 1 aromatic rings. The minimum atomic E-state index is -0.295. The van der Waals surface area contributed by atoms with Gasteiger partial charge in [-0.1, -0.05) is 0 Å². The van der Waals surface area contributed by atoms with E-state index in [-0.39, 0.29) is 18.5 Å². The van der Waals surface area contributed by atoms with E-state index < -0.39 is 0 Å². The van der Waals surface area contributed by atoms with E-state index in [0.717, 1.165) is 6.42 Å². The molecule has 1 atom stereocenters. The number of benzene rings is 1. The molecule has 90 valence electrons. The molecule has 1 unspecified atom stereocenters. The van der Waals surface area contributed by atoms with Gasteiger partial charge in [0, 0.05) is 18.7 Å². The van der Waals surface area contributed by atoms with Crippen LogP contribution in [0, 0.1) is 5.82 Å². The molecule has 1 aromatic carbocycles. The molecule has 0 spiro atoms. The standard InChI is InChI=1S/C12H18FNO2/c1-9(4-3-7-15)14-12-8-10(16-2)5-6-11(12)13/h5-6,8-9,14-15H,3-4,7H2,1-2H3. The van der Waals surface area contributed by atoms with Crippen LogP contribution in [0.25, 0.3) is 0 Å². The van der Waals surface area contributed by atoms with Crippen molar-refractivity contribution in [2.45, 2.75) is 25.8 Å². The fourth-order valence-electron chi connectivity index (χ4n) is 1.48. The number of methoxy groups -OCH3 is 1. The van der Waals surface area contributed by atoms with E-state index in [0.29, 0.717) is 17.9 Å². The number of anilines is 1. The van der Waals surface area contributed by atoms with Crippen molar-refractivity contribution in [3.63, 3.8) is 0 Å². The molecule has 0 heterocycles. The zero-order valence-electron chi connectivity index (χ0n) is 9.66. The van der Waals surface area contributed by atoms with E-state index in [1.165, 1.54) is 6.07 Å². The third kappa shape index (κ3) is 3.70. The monoisotopic (exact) mass is 227 g/mol. The molecular weight excluding hydrogens is 209 g/mol. The summed E-state index contributed by atoms with van der Waals surface area (Å²) in [7, 11) is 1.55. The summed E-state index contributed by atoms with van der Waals surface area (Å²) in [4.78, 5) is 0. The van der Waals surface area contributed by atoms with E-state index in [1.54, 1.807) is 19.2 Å². The number of hydrogen-bond acceptors (Lipinski definition) is 3. The third-order valence-electron chi connectivity index (χ3n) is 2.37. The number of aliphatic hydroxyl groups excluding tert-OH is 1. The van der Waals surface area contributed by atoms with Gasteiger partial charge in [0.25, 0.3) is 0 Å². The maximum Gasteiger partial charge on any atom is 0.146 e. The average molecular weight is 227 g/mol. The lowest BCUT2D eigenvalue weighted by Crippen LogP contribution is -2.16. The van der Waals surface area contributed by atoms with Crippen LogP contribution in [0.5, 0.6) is 5.75 Å². The summed E-state index contributed by atoms with van der Waals surface area (Å²) in [5.74, 6) is 0.329. The fourth-order valence-corrected chi connectivity index (χ4v) is 1.48. The first-order valence-corrected chi connectivity index (χ1v) is 5.38. The highest BCUT2D eigenvalue weighted by molar-refractivity contribution is 5.50. The number of ether oxygens (including phenoxy) is 1. The second-order valence-corrected chi connectivity index (χ2v) is 3.76. The Morgan fingerprint density at radius 3 is 2.88 bits per heavy atom. The van der Waals surface area contributed by atoms with Crippen molar-refractivity contribution in [2.24, 2.45) is 0 Å². The second-order valence-electron chi connectivity index (χ2n) is 3.76. The minimum Gasteiger partial charge on any atom is -0.497 e. The summed E-state index contributed by atoms with van der Waals surface area (Å²) in [6.45, 7) is 2.11. The van der Waals surface area contributed by atoms with E-state index in [1.807, 2.05) is 6.92 Å². The van der Waals surface area contributed by atoms with E-state index >= 15 is 0 Å². The van der Waals surface area contributed by atoms with Gasteiger partial charge in [-0.15, -0.1) is 0 Å². The summed E-state index contributed by atoms with van der Waals surface area (Å²) in [6.07, 6.45) is 1.51. The molecular formula is C12H18FNO2. The first kappa shape index (κ1) is 12.8. The maximum absolute atomic E-state index is 13.4. The van der Waals surface area contributed by atoms with Gasteiger partial charge in [-0.05, 0) is 31.9 Å². The summed E-state index contributed by atoms with van der Waals surface area (Å²) >= 11 is 0. The number of aliphatic hydroxyl groups is 1. The predicted molar refractivity (Wildman–Crippen MR) is 62.4 cm³/mol. The number of nitrogens with one attached hydrogen (secondary N) is 1. The van der Waals surface area contributed by atoms with Gasteiger partial charge in [-0.25, -0.2) is 4.39 Å². The van der Waals surface area contributed by atoms with Gasteiger partial charge in [-0.2, -0.15) is 0 Å². The number of rotatable bonds is 6. The lowest BCUT2D eigenvalue weighted by Gasteiger charge is -2.15. The Morgan fingerprint density at radius 1 is 1.50 bits per heavy atom. The van der Waals surface area contributed by atoms with Gasteiger partial charge < -0.3 is 15.2 Å². The quantitative estimate of drug-likeness (QED) is 0.784. The smallest absolute Gasteiger partial charge is 0.146 e. The van der Waals surface area contributed by atoms with Gasteiger partial charge in [0.05, 0.1) is 12.8 Å². The predicted octanol–water partition coefficient (Wildman–Crippen LogP) is 2.41. The Labute approximate surface area is 95.2 Å². The Morgan fingerprint density at radius 2 is 2.25 bits per heavy atom. The minimum absolute atomic E-state index is 0.119. The third-order valence-corrected chi connectivity index (χ3v) is 2.37. The van der Waals surface area contributed by atoms with Crippen LogP contribution in [0.15, 0.2) is 18.2 Å². The number of hydrogen-bond donors (Lipinski definition) is 2. The van der Waals surface area contributed by atoms with Crippen molar-refractivity contribution in [1.82, 2.24) is 0 Å². The van der Waals surface area contributed by atoms with Crippen LogP contribution in [0.3, 0.4) is 0 Å². The molecule has 0 aromatic heterocycles. The molecule has 0 bridgehead atoms. The molecule has 2 N–H and O–H groups in total. The van der Waals surface area contributed by atoms with E-state index in [2.05, 4.69) is 5.32 Å². The lowest BCUT2D eigenvalue weighted by molar-refractivity contribution is 0.282. The first-order chi connectivity index (χ1) is 7.67. The van der Waals surface area contributed by atoms with Crippen LogP contribution in [-0.2, 0) is 0 Å². The summed E-state index contributed by atoms with van der Waals surface area (Å²) in [5.41, 5.74) is 0.435. The second kappa shape index (κ2) is 6.33. The highest BCUT2D eigenvalue weighted by Gasteiger charge is 2.07. The molecule has 0 radical (unpaired) electrons. The van der Waals surface area contributed by atoms with Crippen molar-refractivity contribution < 1.29 is 14.2 Å². The van der Waals surface area contributed by atoms with Gasteiger partial charge in [-0.3, -0.25) is 0 Å². The highest BCUT2D eigenvalue weighted by Crippen LogP contribution is 2.22. The molecule has 0 aliphatic carbocycles. The normalized spacial score (nSPS) is 12.2.